The lowest BCUT2D eigenvalue weighted by Gasteiger charge is -2.74. The summed E-state index contributed by atoms with van der Waals surface area (Å²) in [6, 6.07) is 0. The molecule has 40 heavy (non-hydrogen) atoms. The molecule has 0 aromatic carbocycles. The Morgan fingerprint density at radius 3 is 1.68 bits per heavy atom. The van der Waals surface area contributed by atoms with Crippen molar-refractivity contribution >= 4 is 0 Å². The van der Waals surface area contributed by atoms with Gasteiger partial charge in [0, 0.05) is 13.2 Å². The molecule has 4 fully saturated rings. The van der Waals surface area contributed by atoms with Crippen LogP contribution in [0.15, 0.2) is 0 Å². The lowest BCUT2D eigenvalue weighted by molar-refractivity contribution is -0.264. The number of rotatable bonds is 26. The van der Waals surface area contributed by atoms with Crippen LogP contribution in [-0.4, -0.2) is 37.6 Å². The molecule has 0 saturated heterocycles. The third-order valence-electron chi connectivity index (χ3n) is 11.9. The maximum Gasteiger partial charge on any atom is 0.104 e. The van der Waals surface area contributed by atoms with Crippen LogP contribution in [0.5, 0.6) is 0 Å². The van der Waals surface area contributed by atoms with Gasteiger partial charge < -0.3 is 14.6 Å². The Morgan fingerprint density at radius 2 is 1.07 bits per heavy atom. The molecule has 1 unspecified atom stereocenters. The van der Waals surface area contributed by atoms with Gasteiger partial charge in [-0.05, 0) is 80.0 Å². The molecule has 0 aromatic rings. The van der Waals surface area contributed by atoms with E-state index in [-0.39, 0.29) is 12.7 Å². The van der Waals surface area contributed by atoms with Crippen LogP contribution in [0.1, 0.15) is 161 Å². The standard InChI is InChI=1S/C37H68O3/c1-2-3-4-5-6-7-8-9-10-12-15-18-25-39-29-31(28-38)40-26-19-16-13-11-14-17-20-30-21-22-34-35(27-30)37-33-24-23-32(33)36(34)37/h30-38H,2-29H2,1H3/t30-,31?,32-,33+,34+,35-,36-,37+/m1/s1. The molecule has 1 N–H and O–H groups in total. The first-order valence-electron chi connectivity index (χ1n) is 18.6. The Balaban J connectivity index is 0.852. The van der Waals surface area contributed by atoms with E-state index in [1.807, 2.05) is 0 Å². The quantitative estimate of drug-likeness (QED) is 0.107. The van der Waals surface area contributed by atoms with Crippen molar-refractivity contribution in [3.8, 4) is 0 Å². The first kappa shape index (κ1) is 32.8. The minimum absolute atomic E-state index is 0.0733. The Kier molecular flexibility index (Phi) is 15.8. The van der Waals surface area contributed by atoms with Gasteiger partial charge in [-0.25, -0.2) is 0 Å². The number of hydrogen-bond donors (Lipinski definition) is 1. The monoisotopic (exact) mass is 561 g/mol. The summed E-state index contributed by atoms with van der Waals surface area (Å²) in [7, 11) is 0. The molecule has 0 amide bonds. The molecule has 4 rings (SSSR count). The molecular formula is C37H68O3. The number of aliphatic hydroxyl groups excluding tert-OH is 1. The molecule has 3 heteroatoms. The second-order valence-electron chi connectivity index (χ2n) is 14.6. The van der Waals surface area contributed by atoms with Gasteiger partial charge in [-0.3, -0.25) is 0 Å². The predicted octanol–water partition coefficient (Wildman–Crippen LogP) is 10.1. The fourth-order valence-electron chi connectivity index (χ4n) is 9.40. The summed E-state index contributed by atoms with van der Waals surface area (Å²) in [6.45, 7) is 4.48. The molecule has 8 atom stereocenters. The maximum atomic E-state index is 9.62. The van der Waals surface area contributed by atoms with E-state index in [0.29, 0.717) is 6.61 Å². The topological polar surface area (TPSA) is 38.7 Å². The summed E-state index contributed by atoms with van der Waals surface area (Å²) >= 11 is 0. The summed E-state index contributed by atoms with van der Waals surface area (Å²) in [4.78, 5) is 0. The van der Waals surface area contributed by atoms with E-state index in [1.165, 1.54) is 139 Å². The number of fused-ring (bicyclic) bond motifs is 7. The fourth-order valence-corrected chi connectivity index (χ4v) is 9.40. The first-order chi connectivity index (χ1) is 19.8. The molecule has 4 aliphatic carbocycles. The third-order valence-corrected chi connectivity index (χ3v) is 11.9. The normalized spacial score (nSPS) is 30.9. The highest BCUT2D eigenvalue weighted by Gasteiger charge is 2.68. The summed E-state index contributed by atoms with van der Waals surface area (Å²) in [6.07, 6.45) is 33.7. The number of unbranched alkanes of at least 4 members (excludes halogenated alkanes) is 16. The van der Waals surface area contributed by atoms with Gasteiger partial charge in [0.15, 0.2) is 0 Å². The van der Waals surface area contributed by atoms with Crippen molar-refractivity contribution in [1.82, 2.24) is 0 Å². The highest BCUT2D eigenvalue weighted by atomic mass is 16.5. The fraction of sp³-hybridized carbons (Fsp3) is 1.00. The molecule has 3 nitrogen and oxygen atoms in total. The molecule has 0 heterocycles. The second kappa shape index (κ2) is 19.2. The van der Waals surface area contributed by atoms with Gasteiger partial charge >= 0.3 is 0 Å². The van der Waals surface area contributed by atoms with Crippen LogP contribution in [0.25, 0.3) is 0 Å². The van der Waals surface area contributed by atoms with Crippen molar-refractivity contribution in [2.75, 3.05) is 26.4 Å². The molecule has 0 aromatic heterocycles. The highest BCUT2D eigenvalue weighted by Crippen LogP contribution is 2.74. The van der Waals surface area contributed by atoms with Gasteiger partial charge in [-0.15, -0.1) is 0 Å². The number of aliphatic hydroxyl groups is 1. The van der Waals surface area contributed by atoms with Gasteiger partial charge in [0.1, 0.15) is 6.10 Å². The van der Waals surface area contributed by atoms with Crippen LogP contribution in [0.2, 0.25) is 0 Å². The minimum atomic E-state index is -0.145. The summed E-state index contributed by atoms with van der Waals surface area (Å²) in [5.74, 6) is 8.19. The Morgan fingerprint density at radius 1 is 0.575 bits per heavy atom. The van der Waals surface area contributed by atoms with E-state index in [9.17, 15) is 5.11 Å². The van der Waals surface area contributed by atoms with Crippen molar-refractivity contribution < 1.29 is 14.6 Å². The maximum absolute atomic E-state index is 9.62. The number of ether oxygens (including phenoxy) is 2. The molecule has 0 aliphatic heterocycles. The largest absolute Gasteiger partial charge is 0.394 e. The molecule has 0 radical (unpaired) electrons. The van der Waals surface area contributed by atoms with Crippen LogP contribution in [0.4, 0.5) is 0 Å². The third kappa shape index (κ3) is 9.97. The summed E-state index contributed by atoms with van der Waals surface area (Å²) < 4.78 is 11.7. The van der Waals surface area contributed by atoms with Crippen LogP contribution in [0.3, 0.4) is 0 Å². The second-order valence-corrected chi connectivity index (χ2v) is 14.6. The zero-order chi connectivity index (χ0) is 27.8. The van der Waals surface area contributed by atoms with Crippen molar-refractivity contribution in [3.05, 3.63) is 0 Å². The van der Waals surface area contributed by atoms with Gasteiger partial charge in [-0.1, -0.05) is 122 Å². The predicted molar refractivity (Wildman–Crippen MR) is 169 cm³/mol. The lowest BCUT2D eigenvalue weighted by atomic mass is 9.30. The average molecular weight is 561 g/mol. The van der Waals surface area contributed by atoms with Crippen molar-refractivity contribution in [3.63, 3.8) is 0 Å². The van der Waals surface area contributed by atoms with Crippen molar-refractivity contribution in [2.24, 2.45) is 41.4 Å². The Bertz CT molecular complexity index is 631. The Hall–Kier alpha value is -0.120. The van der Waals surface area contributed by atoms with Gasteiger partial charge in [-0.2, -0.15) is 0 Å². The van der Waals surface area contributed by atoms with E-state index >= 15 is 0 Å². The lowest BCUT2D eigenvalue weighted by Crippen LogP contribution is -2.69. The van der Waals surface area contributed by atoms with Crippen molar-refractivity contribution in [1.29, 1.82) is 0 Å². The summed E-state index contributed by atoms with van der Waals surface area (Å²) in [5, 5.41) is 9.62. The van der Waals surface area contributed by atoms with Gasteiger partial charge in [0.2, 0.25) is 0 Å². The molecule has 4 aliphatic rings. The summed E-state index contributed by atoms with van der Waals surface area (Å²) in [5.41, 5.74) is 0. The first-order valence-corrected chi connectivity index (χ1v) is 18.6. The number of hydrogen-bond acceptors (Lipinski definition) is 3. The van der Waals surface area contributed by atoms with E-state index in [2.05, 4.69) is 6.92 Å². The van der Waals surface area contributed by atoms with Gasteiger partial charge in [0.25, 0.3) is 0 Å². The zero-order valence-corrected chi connectivity index (χ0v) is 26.7. The van der Waals surface area contributed by atoms with Crippen molar-refractivity contribution in [2.45, 2.75) is 167 Å². The van der Waals surface area contributed by atoms with Crippen LogP contribution in [0, 0.1) is 41.4 Å². The minimum Gasteiger partial charge on any atom is -0.394 e. The Labute approximate surface area is 249 Å². The zero-order valence-electron chi connectivity index (χ0n) is 26.7. The molecule has 234 valence electrons. The van der Waals surface area contributed by atoms with Crippen LogP contribution in [-0.2, 0) is 9.47 Å². The molecular weight excluding hydrogens is 492 g/mol. The molecule has 0 spiro atoms. The highest BCUT2D eigenvalue weighted by molar-refractivity contribution is 5.16. The van der Waals surface area contributed by atoms with E-state index in [1.54, 1.807) is 32.1 Å². The molecule has 0 bridgehead atoms. The average Bonchev–Trinajstić information content (AvgIpc) is 2.96. The van der Waals surface area contributed by atoms with E-state index < -0.39 is 0 Å². The van der Waals surface area contributed by atoms with E-state index in [0.717, 1.165) is 37.9 Å². The van der Waals surface area contributed by atoms with Crippen LogP contribution < -0.4 is 0 Å². The SMILES string of the molecule is CCCCCCCCCCCCCCOCC(CO)OCCCCCCCC[C@@H]1CC[C@H]2[C@@H](C1)[C@@H]1[C@H]3CC[C@H]3[C@H]21. The van der Waals surface area contributed by atoms with Crippen LogP contribution >= 0.6 is 0 Å². The smallest absolute Gasteiger partial charge is 0.104 e. The molecule has 4 saturated carbocycles. The van der Waals surface area contributed by atoms with Gasteiger partial charge in [0.05, 0.1) is 13.2 Å². The van der Waals surface area contributed by atoms with E-state index in [4.69, 9.17) is 9.47 Å².